The molecule has 1 aromatic carbocycles. The molecule has 0 amide bonds. The van der Waals surface area contributed by atoms with E-state index in [2.05, 4.69) is 0 Å². The fourth-order valence-corrected chi connectivity index (χ4v) is 1.31. The quantitative estimate of drug-likeness (QED) is 0.707. The van der Waals surface area contributed by atoms with Crippen molar-refractivity contribution in [3.63, 3.8) is 0 Å². The number of halogens is 4. The summed E-state index contributed by atoms with van der Waals surface area (Å²) in [4.78, 5) is 11.6. The molecule has 0 saturated carbocycles. The van der Waals surface area contributed by atoms with E-state index in [0.29, 0.717) is 5.56 Å². The topological polar surface area (TPSA) is 17.1 Å². The van der Waals surface area contributed by atoms with E-state index in [-0.39, 0.29) is 6.42 Å². The first-order chi connectivity index (χ1) is 8.07. The standard InChI is InChI=1S/C12H12F4O/c13-6-12(7-14,8-15)11(17)5-9-1-3-10(16)4-2-9/h1-4H,5-8H2. The van der Waals surface area contributed by atoms with Gasteiger partial charge in [-0.15, -0.1) is 0 Å². The van der Waals surface area contributed by atoms with E-state index in [1.807, 2.05) is 0 Å². The Morgan fingerprint density at radius 1 is 1.00 bits per heavy atom. The Hall–Kier alpha value is -1.39. The molecule has 0 spiro atoms. The maximum Gasteiger partial charge on any atom is 0.151 e. The van der Waals surface area contributed by atoms with Gasteiger partial charge in [0.15, 0.2) is 5.78 Å². The average Bonchev–Trinajstić information content (AvgIpc) is 2.35. The molecule has 0 N–H and O–H groups in total. The summed E-state index contributed by atoms with van der Waals surface area (Å²) in [5, 5.41) is 0. The Bertz CT molecular complexity index is 362. The van der Waals surface area contributed by atoms with Gasteiger partial charge in [-0.2, -0.15) is 0 Å². The third-order valence-corrected chi connectivity index (χ3v) is 2.64. The summed E-state index contributed by atoms with van der Waals surface area (Å²) in [6.45, 7) is -4.12. The van der Waals surface area contributed by atoms with E-state index in [9.17, 15) is 22.4 Å². The van der Waals surface area contributed by atoms with E-state index in [1.54, 1.807) is 0 Å². The second kappa shape index (κ2) is 5.80. The van der Waals surface area contributed by atoms with E-state index in [4.69, 9.17) is 0 Å². The van der Waals surface area contributed by atoms with Crippen molar-refractivity contribution in [1.29, 1.82) is 0 Å². The zero-order valence-corrected chi connectivity index (χ0v) is 9.06. The summed E-state index contributed by atoms with van der Waals surface area (Å²) < 4.78 is 50.3. The van der Waals surface area contributed by atoms with Crippen molar-refractivity contribution in [3.05, 3.63) is 35.6 Å². The van der Waals surface area contributed by atoms with Crippen molar-refractivity contribution in [2.75, 3.05) is 20.0 Å². The Morgan fingerprint density at radius 2 is 1.47 bits per heavy atom. The van der Waals surface area contributed by atoms with Crippen LogP contribution >= 0.6 is 0 Å². The van der Waals surface area contributed by atoms with Crippen molar-refractivity contribution in [2.24, 2.45) is 5.41 Å². The van der Waals surface area contributed by atoms with Crippen LogP contribution in [0.3, 0.4) is 0 Å². The number of Topliss-reactive ketones (excluding diaryl/α,β-unsaturated/α-hetero) is 1. The zero-order chi connectivity index (χ0) is 12.9. The second-order valence-corrected chi connectivity index (χ2v) is 3.91. The smallest absolute Gasteiger partial charge is 0.151 e. The van der Waals surface area contributed by atoms with E-state index in [0.717, 1.165) is 12.1 Å². The van der Waals surface area contributed by atoms with Gasteiger partial charge in [0.25, 0.3) is 0 Å². The Balaban J connectivity index is 2.80. The highest BCUT2D eigenvalue weighted by atomic mass is 19.2. The predicted molar refractivity (Wildman–Crippen MR) is 55.5 cm³/mol. The normalized spacial score (nSPS) is 11.5. The number of carbonyl (C=O) groups is 1. The van der Waals surface area contributed by atoms with Gasteiger partial charge in [-0.1, -0.05) is 12.1 Å². The molecular formula is C12H12F4O. The Labute approximate surface area is 96.4 Å². The summed E-state index contributed by atoms with van der Waals surface area (Å²) in [6.07, 6.45) is -0.308. The molecule has 1 nitrogen and oxygen atoms in total. The number of hydrogen-bond donors (Lipinski definition) is 0. The number of alkyl halides is 3. The molecule has 1 rings (SSSR count). The molecule has 17 heavy (non-hydrogen) atoms. The number of rotatable bonds is 6. The van der Waals surface area contributed by atoms with Gasteiger partial charge in [0.2, 0.25) is 0 Å². The van der Waals surface area contributed by atoms with Crippen LogP contribution in [-0.2, 0) is 11.2 Å². The Morgan fingerprint density at radius 3 is 1.88 bits per heavy atom. The molecule has 0 bridgehead atoms. The lowest BCUT2D eigenvalue weighted by atomic mass is 9.84. The van der Waals surface area contributed by atoms with Crippen LogP contribution in [0, 0.1) is 11.2 Å². The predicted octanol–water partition coefficient (Wildman–Crippen LogP) is 2.83. The summed E-state index contributed by atoms with van der Waals surface area (Å²) in [5.74, 6) is -1.33. The Kier molecular flexibility index (Phi) is 4.66. The first kappa shape index (κ1) is 13.7. The first-order valence-corrected chi connectivity index (χ1v) is 5.03. The third-order valence-electron chi connectivity index (χ3n) is 2.64. The molecule has 0 aliphatic rings. The van der Waals surface area contributed by atoms with Crippen molar-refractivity contribution in [2.45, 2.75) is 6.42 Å². The highest BCUT2D eigenvalue weighted by Gasteiger charge is 2.38. The van der Waals surface area contributed by atoms with Crippen LogP contribution in [0.4, 0.5) is 17.6 Å². The van der Waals surface area contributed by atoms with Gasteiger partial charge in [-0.3, -0.25) is 4.79 Å². The minimum Gasteiger partial charge on any atom is -0.298 e. The molecular weight excluding hydrogens is 236 g/mol. The first-order valence-electron chi connectivity index (χ1n) is 5.03. The zero-order valence-electron chi connectivity index (χ0n) is 9.06. The highest BCUT2D eigenvalue weighted by molar-refractivity contribution is 5.87. The molecule has 0 aromatic heterocycles. The molecule has 1 aromatic rings. The lowest BCUT2D eigenvalue weighted by molar-refractivity contribution is -0.131. The summed E-state index contributed by atoms with van der Waals surface area (Å²) in [5.41, 5.74) is -1.80. The van der Waals surface area contributed by atoms with Crippen molar-refractivity contribution >= 4 is 5.78 Å². The van der Waals surface area contributed by atoms with Crippen molar-refractivity contribution in [3.8, 4) is 0 Å². The molecule has 5 heteroatoms. The van der Waals surface area contributed by atoms with Gasteiger partial charge in [-0.25, -0.2) is 17.6 Å². The minimum atomic E-state index is -2.20. The number of ketones is 1. The molecule has 0 atom stereocenters. The van der Waals surface area contributed by atoms with Crippen LogP contribution in [0.25, 0.3) is 0 Å². The summed E-state index contributed by atoms with van der Waals surface area (Å²) >= 11 is 0. The number of carbonyl (C=O) groups excluding carboxylic acids is 1. The number of benzene rings is 1. The minimum absolute atomic E-state index is 0.308. The summed E-state index contributed by atoms with van der Waals surface area (Å²) in [6, 6.07) is 4.91. The monoisotopic (exact) mass is 248 g/mol. The lowest BCUT2D eigenvalue weighted by Gasteiger charge is -2.22. The van der Waals surface area contributed by atoms with Gasteiger partial charge < -0.3 is 0 Å². The molecule has 0 fully saturated rings. The van der Waals surface area contributed by atoms with Gasteiger partial charge in [0.05, 0.1) is 0 Å². The van der Waals surface area contributed by atoms with E-state index in [1.165, 1.54) is 12.1 Å². The highest BCUT2D eigenvalue weighted by Crippen LogP contribution is 2.23. The lowest BCUT2D eigenvalue weighted by Crippen LogP contribution is -2.39. The maximum absolute atomic E-state index is 12.6. The molecule has 94 valence electrons. The molecule has 0 unspecified atom stereocenters. The fourth-order valence-electron chi connectivity index (χ4n) is 1.31. The van der Waals surface area contributed by atoms with Crippen LogP contribution in [0.5, 0.6) is 0 Å². The van der Waals surface area contributed by atoms with Gasteiger partial charge in [0, 0.05) is 6.42 Å². The average molecular weight is 248 g/mol. The van der Waals surface area contributed by atoms with Crippen LogP contribution < -0.4 is 0 Å². The third kappa shape index (κ3) is 3.05. The molecule has 0 aliphatic heterocycles. The van der Waals surface area contributed by atoms with Crippen molar-refractivity contribution < 1.29 is 22.4 Å². The molecule has 0 heterocycles. The van der Waals surface area contributed by atoms with Gasteiger partial charge in [-0.05, 0) is 17.7 Å². The van der Waals surface area contributed by atoms with Gasteiger partial charge >= 0.3 is 0 Å². The van der Waals surface area contributed by atoms with Crippen LogP contribution in [0.1, 0.15) is 5.56 Å². The summed E-state index contributed by atoms with van der Waals surface area (Å²) in [7, 11) is 0. The van der Waals surface area contributed by atoms with E-state index < -0.39 is 37.0 Å². The maximum atomic E-state index is 12.6. The van der Waals surface area contributed by atoms with Crippen LogP contribution in [0.2, 0.25) is 0 Å². The fraction of sp³-hybridized carbons (Fsp3) is 0.417. The number of hydrogen-bond acceptors (Lipinski definition) is 1. The molecule has 0 aliphatic carbocycles. The van der Waals surface area contributed by atoms with E-state index >= 15 is 0 Å². The second-order valence-electron chi connectivity index (χ2n) is 3.91. The van der Waals surface area contributed by atoms with Crippen LogP contribution in [0.15, 0.2) is 24.3 Å². The van der Waals surface area contributed by atoms with Gasteiger partial charge in [0.1, 0.15) is 31.3 Å². The molecule has 0 saturated heterocycles. The van der Waals surface area contributed by atoms with Crippen LogP contribution in [-0.4, -0.2) is 25.8 Å². The SMILES string of the molecule is O=C(Cc1ccc(F)cc1)C(CF)(CF)CF. The molecule has 0 radical (unpaired) electrons. The largest absolute Gasteiger partial charge is 0.298 e. The van der Waals surface area contributed by atoms with Crippen molar-refractivity contribution in [1.82, 2.24) is 0 Å².